The van der Waals surface area contributed by atoms with E-state index in [9.17, 15) is 13.6 Å². The number of aromatic nitrogens is 1. The predicted octanol–water partition coefficient (Wildman–Crippen LogP) is 3.12. The monoisotopic (exact) mass is 292 g/mol. The van der Waals surface area contributed by atoms with E-state index in [2.05, 4.69) is 15.0 Å². The maximum absolute atomic E-state index is 12.2. The molecule has 1 fully saturated rings. The summed E-state index contributed by atoms with van der Waals surface area (Å²) in [5, 5.41) is 3.64. The minimum Gasteiger partial charge on any atom is -0.435 e. The van der Waals surface area contributed by atoms with Gasteiger partial charge in [-0.05, 0) is 37.5 Å². The Bertz CT molecular complexity index is 672. The normalized spacial score (nSPS) is 15.0. The second-order valence-corrected chi connectivity index (χ2v) is 5.06. The molecule has 1 aromatic heterocycles. The first-order chi connectivity index (χ1) is 10.1. The van der Waals surface area contributed by atoms with Crippen LogP contribution in [0.15, 0.2) is 30.5 Å². The number of carbonyl (C=O) groups excluding carboxylic acids is 1. The first-order valence-electron chi connectivity index (χ1n) is 6.77. The highest BCUT2D eigenvalue weighted by molar-refractivity contribution is 5.97. The lowest BCUT2D eigenvalue weighted by Crippen LogP contribution is -2.39. The molecule has 1 amide bonds. The summed E-state index contributed by atoms with van der Waals surface area (Å²) < 4.78 is 28.6. The molecule has 0 unspecified atom stereocenters. The number of halogens is 2. The van der Waals surface area contributed by atoms with Gasteiger partial charge in [0.1, 0.15) is 5.75 Å². The van der Waals surface area contributed by atoms with Crippen molar-refractivity contribution in [2.75, 3.05) is 0 Å². The van der Waals surface area contributed by atoms with Crippen LogP contribution in [0.3, 0.4) is 0 Å². The highest BCUT2D eigenvalue weighted by atomic mass is 19.3. The first kappa shape index (κ1) is 13.7. The van der Waals surface area contributed by atoms with E-state index in [1.165, 1.54) is 18.3 Å². The van der Waals surface area contributed by atoms with E-state index < -0.39 is 6.61 Å². The van der Waals surface area contributed by atoms with Gasteiger partial charge in [-0.25, -0.2) is 0 Å². The molecule has 1 N–H and O–H groups in total. The van der Waals surface area contributed by atoms with E-state index in [0.29, 0.717) is 16.5 Å². The zero-order valence-corrected chi connectivity index (χ0v) is 11.2. The lowest BCUT2D eigenvalue weighted by Gasteiger charge is -2.26. The van der Waals surface area contributed by atoms with Crippen molar-refractivity contribution in [1.82, 2.24) is 10.3 Å². The molecule has 1 aliphatic rings. The number of ether oxygens (including phenoxy) is 1. The lowest BCUT2D eigenvalue weighted by atomic mass is 9.93. The van der Waals surface area contributed by atoms with Crippen LogP contribution in [0, 0.1) is 0 Å². The quantitative estimate of drug-likeness (QED) is 0.942. The van der Waals surface area contributed by atoms with Crippen LogP contribution in [0.25, 0.3) is 10.9 Å². The molecule has 1 aliphatic carbocycles. The zero-order chi connectivity index (χ0) is 14.8. The van der Waals surface area contributed by atoms with Crippen LogP contribution in [0.4, 0.5) is 8.78 Å². The molecule has 110 valence electrons. The molecular weight excluding hydrogens is 278 g/mol. The standard InChI is InChI=1S/C15H14F2N2O2/c16-15(17)21-12-5-4-9-6-10(8-18-13(9)7-12)14(20)19-11-2-1-3-11/h4-8,11,15H,1-3H2,(H,19,20). The number of nitrogens with zero attached hydrogens (tertiary/aromatic N) is 1. The molecule has 0 saturated heterocycles. The smallest absolute Gasteiger partial charge is 0.387 e. The summed E-state index contributed by atoms with van der Waals surface area (Å²) in [6, 6.07) is 6.43. The number of carbonyl (C=O) groups is 1. The summed E-state index contributed by atoms with van der Waals surface area (Å²) in [6.07, 6.45) is 4.62. The van der Waals surface area contributed by atoms with Crippen molar-refractivity contribution in [3.63, 3.8) is 0 Å². The summed E-state index contributed by atoms with van der Waals surface area (Å²) in [4.78, 5) is 16.2. The number of nitrogens with one attached hydrogen (secondary N) is 1. The summed E-state index contributed by atoms with van der Waals surface area (Å²) in [5.74, 6) is -0.0984. The van der Waals surface area contributed by atoms with Crippen molar-refractivity contribution < 1.29 is 18.3 Å². The summed E-state index contributed by atoms with van der Waals surface area (Å²) in [6.45, 7) is -2.87. The van der Waals surface area contributed by atoms with Crippen LogP contribution in [0.1, 0.15) is 29.6 Å². The van der Waals surface area contributed by atoms with Crippen molar-refractivity contribution in [1.29, 1.82) is 0 Å². The van der Waals surface area contributed by atoms with Gasteiger partial charge in [0.25, 0.3) is 5.91 Å². The van der Waals surface area contributed by atoms with Crippen molar-refractivity contribution >= 4 is 16.8 Å². The predicted molar refractivity (Wildman–Crippen MR) is 73.5 cm³/mol. The second kappa shape index (κ2) is 5.63. The van der Waals surface area contributed by atoms with Crippen LogP contribution >= 0.6 is 0 Å². The molecule has 0 aliphatic heterocycles. The Labute approximate surface area is 120 Å². The van der Waals surface area contributed by atoms with Gasteiger partial charge in [-0.1, -0.05) is 0 Å². The van der Waals surface area contributed by atoms with Gasteiger partial charge in [-0.3, -0.25) is 9.78 Å². The number of hydrogen-bond acceptors (Lipinski definition) is 3. The lowest BCUT2D eigenvalue weighted by molar-refractivity contribution is -0.0497. The van der Waals surface area contributed by atoms with Gasteiger partial charge in [0.15, 0.2) is 0 Å². The fraction of sp³-hybridized carbons (Fsp3) is 0.333. The third-order valence-electron chi connectivity index (χ3n) is 3.58. The van der Waals surface area contributed by atoms with Crippen LogP contribution in [-0.4, -0.2) is 23.5 Å². The molecule has 1 saturated carbocycles. The van der Waals surface area contributed by atoms with Gasteiger partial charge in [0, 0.05) is 23.7 Å². The summed E-state index contributed by atoms with van der Waals surface area (Å²) in [5.41, 5.74) is 0.977. The molecule has 0 radical (unpaired) electrons. The van der Waals surface area contributed by atoms with Crippen LogP contribution in [-0.2, 0) is 0 Å². The molecule has 3 rings (SSSR count). The Morgan fingerprint density at radius 2 is 2.14 bits per heavy atom. The van der Waals surface area contributed by atoms with Crippen molar-refractivity contribution in [2.45, 2.75) is 31.9 Å². The number of pyridine rings is 1. The molecule has 1 aromatic carbocycles. The highest BCUT2D eigenvalue weighted by Gasteiger charge is 2.20. The van der Waals surface area contributed by atoms with Crippen molar-refractivity contribution in [2.24, 2.45) is 0 Å². The average molecular weight is 292 g/mol. The molecule has 0 bridgehead atoms. The number of alkyl halides is 2. The fourth-order valence-corrected chi connectivity index (χ4v) is 2.22. The van der Waals surface area contributed by atoms with E-state index in [1.54, 1.807) is 12.1 Å². The second-order valence-electron chi connectivity index (χ2n) is 5.06. The Morgan fingerprint density at radius 1 is 1.33 bits per heavy atom. The Hall–Kier alpha value is -2.24. The summed E-state index contributed by atoms with van der Waals surface area (Å²) in [7, 11) is 0. The van der Waals surface area contributed by atoms with Gasteiger partial charge in [-0.15, -0.1) is 0 Å². The molecule has 21 heavy (non-hydrogen) atoms. The minimum atomic E-state index is -2.87. The van der Waals surface area contributed by atoms with Crippen LogP contribution < -0.4 is 10.1 Å². The molecular formula is C15H14F2N2O2. The fourth-order valence-electron chi connectivity index (χ4n) is 2.22. The van der Waals surface area contributed by atoms with Crippen LogP contribution in [0.2, 0.25) is 0 Å². The number of hydrogen-bond donors (Lipinski definition) is 1. The number of fused-ring (bicyclic) bond motifs is 1. The van der Waals surface area contributed by atoms with Gasteiger partial charge in [0.2, 0.25) is 0 Å². The Balaban J connectivity index is 1.81. The molecule has 1 heterocycles. The largest absolute Gasteiger partial charge is 0.435 e. The maximum atomic E-state index is 12.2. The maximum Gasteiger partial charge on any atom is 0.387 e. The zero-order valence-electron chi connectivity index (χ0n) is 11.2. The Morgan fingerprint density at radius 3 is 2.81 bits per heavy atom. The van der Waals surface area contributed by atoms with Crippen molar-refractivity contribution in [3.8, 4) is 5.75 Å². The topological polar surface area (TPSA) is 51.2 Å². The minimum absolute atomic E-state index is 0.0525. The van der Waals surface area contributed by atoms with Crippen LogP contribution in [0.5, 0.6) is 5.75 Å². The SMILES string of the molecule is O=C(NC1CCC1)c1cnc2cc(OC(F)F)ccc2c1. The molecule has 0 spiro atoms. The average Bonchev–Trinajstić information content (AvgIpc) is 2.41. The third-order valence-corrected chi connectivity index (χ3v) is 3.58. The Kier molecular flexibility index (Phi) is 3.68. The van der Waals surface area contributed by atoms with E-state index in [-0.39, 0.29) is 17.7 Å². The molecule has 0 atom stereocenters. The van der Waals surface area contributed by atoms with E-state index in [0.717, 1.165) is 19.3 Å². The summed E-state index contributed by atoms with van der Waals surface area (Å²) >= 11 is 0. The third kappa shape index (κ3) is 3.09. The van der Waals surface area contributed by atoms with E-state index >= 15 is 0 Å². The molecule has 2 aromatic rings. The number of rotatable bonds is 4. The molecule has 6 heteroatoms. The highest BCUT2D eigenvalue weighted by Crippen LogP contribution is 2.22. The van der Waals surface area contributed by atoms with Crippen molar-refractivity contribution in [3.05, 3.63) is 36.0 Å². The first-order valence-corrected chi connectivity index (χ1v) is 6.77. The van der Waals surface area contributed by atoms with E-state index in [1.807, 2.05) is 0 Å². The number of amides is 1. The van der Waals surface area contributed by atoms with Gasteiger partial charge in [-0.2, -0.15) is 8.78 Å². The van der Waals surface area contributed by atoms with Gasteiger partial charge < -0.3 is 10.1 Å². The molecule has 4 nitrogen and oxygen atoms in total. The van der Waals surface area contributed by atoms with Gasteiger partial charge >= 0.3 is 6.61 Å². The number of benzene rings is 1. The van der Waals surface area contributed by atoms with Gasteiger partial charge in [0.05, 0.1) is 11.1 Å². The van der Waals surface area contributed by atoms with E-state index in [4.69, 9.17) is 0 Å².